The Bertz CT molecular complexity index is 359. The molecule has 2 saturated heterocycles. The monoisotopic (exact) mass is 246 g/mol. The number of sulfonamides is 1. The van der Waals surface area contributed by atoms with Crippen LogP contribution in [0, 0.1) is 11.3 Å². The van der Waals surface area contributed by atoms with Gasteiger partial charge in [-0.15, -0.1) is 0 Å². The SMILES string of the molecule is CC(C)(C)CS(=O)(=O)N1CC[C@H]2CNC[C@H]21. The van der Waals surface area contributed by atoms with E-state index in [2.05, 4.69) is 5.32 Å². The normalized spacial score (nSPS) is 31.9. The molecule has 0 aromatic heterocycles. The Kier molecular flexibility index (Phi) is 3.05. The summed E-state index contributed by atoms with van der Waals surface area (Å²) in [6, 6.07) is 0.215. The Morgan fingerprint density at radius 1 is 1.31 bits per heavy atom. The second-order valence-electron chi connectivity index (χ2n) is 6.20. The van der Waals surface area contributed by atoms with Crippen molar-refractivity contribution in [1.29, 1.82) is 0 Å². The van der Waals surface area contributed by atoms with E-state index < -0.39 is 10.0 Å². The van der Waals surface area contributed by atoms with Gasteiger partial charge in [-0.1, -0.05) is 20.8 Å². The number of nitrogens with zero attached hydrogens (tertiary/aromatic N) is 1. The number of hydrogen-bond acceptors (Lipinski definition) is 3. The summed E-state index contributed by atoms with van der Waals surface area (Å²) in [5, 5.41) is 3.28. The van der Waals surface area contributed by atoms with Gasteiger partial charge in [0.1, 0.15) is 0 Å². The zero-order chi connectivity index (χ0) is 12.0. The molecule has 0 spiro atoms. The second kappa shape index (κ2) is 3.96. The molecule has 2 fully saturated rings. The predicted molar refractivity (Wildman–Crippen MR) is 64.7 cm³/mol. The summed E-state index contributed by atoms with van der Waals surface area (Å²) in [7, 11) is -3.08. The number of hydrogen-bond donors (Lipinski definition) is 1. The van der Waals surface area contributed by atoms with Crippen LogP contribution >= 0.6 is 0 Å². The van der Waals surface area contributed by atoms with Gasteiger partial charge < -0.3 is 5.32 Å². The molecule has 0 unspecified atom stereocenters. The minimum atomic E-state index is -3.08. The average Bonchev–Trinajstić information content (AvgIpc) is 2.54. The highest BCUT2D eigenvalue weighted by atomic mass is 32.2. The topological polar surface area (TPSA) is 49.4 Å². The highest BCUT2D eigenvalue weighted by molar-refractivity contribution is 7.89. The van der Waals surface area contributed by atoms with E-state index in [1.54, 1.807) is 4.31 Å². The molecule has 4 nitrogen and oxygen atoms in total. The Labute approximate surface area is 98.4 Å². The first-order chi connectivity index (χ1) is 7.30. The molecule has 0 aromatic rings. The van der Waals surface area contributed by atoms with Gasteiger partial charge in [0.15, 0.2) is 0 Å². The van der Waals surface area contributed by atoms with E-state index in [1.165, 1.54) is 0 Å². The molecule has 2 rings (SSSR count). The maximum absolute atomic E-state index is 12.3. The summed E-state index contributed by atoms with van der Waals surface area (Å²) >= 11 is 0. The van der Waals surface area contributed by atoms with Crippen LogP contribution in [0.1, 0.15) is 27.2 Å². The van der Waals surface area contributed by atoms with Gasteiger partial charge in [-0.05, 0) is 24.3 Å². The predicted octanol–water partition coefficient (Wildman–Crippen LogP) is 0.656. The molecule has 5 heteroatoms. The average molecular weight is 246 g/mol. The molecule has 0 aromatic carbocycles. The van der Waals surface area contributed by atoms with E-state index in [9.17, 15) is 8.42 Å². The van der Waals surface area contributed by atoms with Crippen molar-refractivity contribution in [2.75, 3.05) is 25.4 Å². The third-order valence-electron chi connectivity index (χ3n) is 3.37. The summed E-state index contributed by atoms with van der Waals surface area (Å²) in [6.45, 7) is 8.46. The van der Waals surface area contributed by atoms with Gasteiger partial charge in [-0.25, -0.2) is 8.42 Å². The van der Waals surface area contributed by atoms with Gasteiger partial charge in [-0.3, -0.25) is 0 Å². The van der Waals surface area contributed by atoms with Crippen LogP contribution in [-0.2, 0) is 10.0 Å². The molecule has 0 radical (unpaired) electrons. The largest absolute Gasteiger partial charge is 0.315 e. The fourth-order valence-electron chi connectivity index (χ4n) is 2.79. The van der Waals surface area contributed by atoms with E-state index >= 15 is 0 Å². The molecule has 2 aliphatic heterocycles. The first-order valence-electron chi connectivity index (χ1n) is 6.00. The Hall–Kier alpha value is -0.130. The Morgan fingerprint density at radius 3 is 2.62 bits per heavy atom. The molecule has 94 valence electrons. The highest BCUT2D eigenvalue weighted by Crippen LogP contribution is 2.31. The first-order valence-corrected chi connectivity index (χ1v) is 7.61. The number of fused-ring (bicyclic) bond motifs is 1. The molecule has 16 heavy (non-hydrogen) atoms. The van der Waals surface area contributed by atoms with Crippen LogP contribution in [0.5, 0.6) is 0 Å². The van der Waals surface area contributed by atoms with Crippen LogP contribution < -0.4 is 5.32 Å². The van der Waals surface area contributed by atoms with Crippen molar-refractivity contribution in [3.63, 3.8) is 0 Å². The lowest BCUT2D eigenvalue weighted by atomic mass is 10.0. The van der Waals surface area contributed by atoms with E-state index in [4.69, 9.17) is 0 Å². The first kappa shape index (κ1) is 12.3. The van der Waals surface area contributed by atoms with E-state index in [0.29, 0.717) is 5.92 Å². The highest BCUT2D eigenvalue weighted by Gasteiger charge is 2.43. The zero-order valence-electron chi connectivity index (χ0n) is 10.4. The maximum atomic E-state index is 12.3. The quantitative estimate of drug-likeness (QED) is 0.778. The summed E-state index contributed by atoms with van der Waals surface area (Å²) < 4.78 is 26.3. The summed E-state index contributed by atoms with van der Waals surface area (Å²) in [5.74, 6) is 0.790. The van der Waals surface area contributed by atoms with Crippen LogP contribution in [0.3, 0.4) is 0 Å². The zero-order valence-corrected chi connectivity index (χ0v) is 11.2. The van der Waals surface area contributed by atoms with Crippen molar-refractivity contribution >= 4 is 10.0 Å². The van der Waals surface area contributed by atoms with Crippen molar-refractivity contribution in [2.45, 2.75) is 33.2 Å². The molecular weight excluding hydrogens is 224 g/mol. The van der Waals surface area contributed by atoms with E-state index in [1.807, 2.05) is 20.8 Å². The minimum Gasteiger partial charge on any atom is -0.315 e. The standard InChI is InChI=1S/C11H22N2O2S/c1-11(2,3)8-16(14,15)13-5-4-9-6-12-7-10(9)13/h9-10,12H,4-8H2,1-3H3/t9-,10+/m0/s1. The van der Waals surface area contributed by atoms with Crippen LogP contribution in [0.25, 0.3) is 0 Å². The van der Waals surface area contributed by atoms with E-state index in [0.717, 1.165) is 26.1 Å². The molecule has 0 aliphatic carbocycles. The van der Waals surface area contributed by atoms with Gasteiger partial charge in [0.05, 0.1) is 5.75 Å². The summed E-state index contributed by atoms with van der Waals surface area (Å²) in [5.41, 5.74) is -0.164. The van der Waals surface area contributed by atoms with Crippen LogP contribution in [-0.4, -0.2) is 44.2 Å². The van der Waals surface area contributed by atoms with Gasteiger partial charge in [0.25, 0.3) is 0 Å². The fourth-order valence-corrected chi connectivity index (χ4v) is 5.09. The third-order valence-corrected chi connectivity index (χ3v) is 5.77. The van der Waals surface area contributed by atoms with Crippen molar-refractivity contribution in [3.8, 4) is 0 Å². The van der Waals surface area contributed by atoms with Crippen molar-refractivity contribution in [1.82, 2.24) is 9.62 Å². The lowest BCUT2D eigenvalue weighted by Crippen LogP contribution is -2.42. The number of rotatable bonds is 2. The van der Waals surface area contributed by atoms with Crippen LogP contribution in [0.2, 0.25) is 0 Å². The van der Waals surface area contributed by atoms with Gasteiger partial charge in [0.2, 0.25) is 10.0 Å². The molecule has 0 bridgehead atoms. The molecule has 1 N–H and O–H groups in total. The summed E-state index contributed by atoms with van der Waals surface area (Å²) in [6.07, 6.45) is 1.01. The third kappa shape index (κ3) is 2.41. The van der Waals surface area contributed by atoms with Gasteiger partial charge in [-0.2, -0.15) is 4.31 Å². The van der Waals surface area contributed by atoms with Gasteiger partial charge >= 0.3 is 0 Å². The van der Waals surface area contributed by atoms with Crippen LogP contribution in [0.4, 0.5) is 0 Å². The fraction of sp³-hybridized carbons (Fsp3) is 1.00. The van der Waals surface area contributed by atoms with Gasteiger partial charge in [0, 0.05) is 19.1 Å². The molecule has 2 atom stereocenters. The lowest BCUT2D eigenvalue weighted by molar-refractivity contribution is 0.367. The van der Waals surface area contributed by atoms with Crippen molar-refractivity contribution < 1.29 is 8.42 Å². The molecular formula is C11H22N2O2S. The smallest absolute Gasteiger partial charge is 0.214 e. The Morgan fingerprint density at radius 2 is 2.00 bits per heavy atom. The summed E-state index contributed by atoms with van der Waals surface area (Å²) in [4.78, 5) is 0. The lowest BCUT2D eigenvalue weighted by Gasteiger charge is -2.27. The van der Waals surface area contributed by atoms with Crippen LogP contribution in [0.15, 0.2) is 0 Å². The molecule has 0 saturated carbocycles. The van der Waals surface area contributed by atoms with E-state index in [-0.39, 0.29) is 17.2 Å². The minimum absolute atomic E-state index is 0.164. The number of nitrogens with one attached hydrogen (secondary N) is 1. The molecule has 2 aliphatic rings. The van der Waals surface area contributed by atoms with Crippen molar-refractivity contribution in [2.24, 2.45) is 11.3 Å². The molecule has 0 amide bonds. The maximum Gasteiger partial charge on any atom is 0.214 e. The molecule has 2 heterocycles. The second-order valence-corrected chi connectivity index (χ2v) is 8.12. The van der Waals surface area contributed by atoms with Crippen molar-refractivity contribution in [3.05, 3.63) is 0 Å². The Balaban J connectivity index is 2.12.